The monoisotopic (exact) mass is 494 g/mol. The summed E-state index contributed by atoms with van der Waals surface area (Å²) in [5.41, 5.74) is 2.15. The first-order valence-electron chi connectivity index (χ1n) is 10.2. The number of amides is 2. The second-order valence-corrected chi connectivity index (χ2v) is 8.44. The lowest BCUT2D eigenvalue weighted by molar-refractivity contribution is 0.101. The molecule has 0 spiro atoms. The zero-order chi connectivity index (χ0) is 23.7. The molecule has 174 valence electrons. The fraction of sp³-hybridized carbons (Fsp3) is 0.333. The molecule has 33 heavy (non-hydrogen) atoms. The number of nitrogens with zero attached hydrogens (tertiary/aromatic N) is 4. The highest BCUT2D eigenvalue weighted by Gasteiger charge is 2.33. The first kappa shape index (κ1) is 23.1. The van der Waals surface area contributed by atoms with Crippen molar-refractivity contribution >= 4 is 40.9 Å². The van der Waals surface area contributed by atoms with Crippen LogP contribution in [0.1, 0.15) is 46.3 Å². The van der Waals surface area contributed by atoms with E-state index >= 15 is 0 Å². The molecule has 0 aliphatic heterocycles. The van der Waals surface area contributed by atoms with Crippen molar-refractivity contribution in [3.8, 4) is 0 Å². The molecule has 3 aromatic rings. The van der Waals surface area contributed by atoms with Crippen LogP contribution in [0, 0.1) is 5.82 Å². The van der Waals surface area contributed by atoms with Crippen molar-refractivity contribution in [2.24, 2.45) is 14.1 Å². The summed E-state index contributed by atoms with van der Waals surface area (Å²) in [5.74, 6) is -0.601. The summed E-state index contributed by atoms with van der Waals surface area (Å²) in [6, 6.07) is 3.52. The third kappa shape index (κ3) is 4.81. The Morgan fingerprint density at radius 1 is 1.30 bits per heavy atom. The highest BCUT2D eigenvalue weighted by molar-refractivity contribution is 6.31. The van der Waals surface area contributed by atoms with E-state index in [2.05, 4.69) is 20.7 Å². The van der Waals surface area contributed by atoms with Crippen molar-refractivity contribution in [1.29, 1.82) is 0 Å². The molecule has 1 unspecified atom stereocenters. The normalized spacial score (nSPS) is 15.1. The number of halogens is 3. The van der Waals surface area contributed by atoms with E-state index in [0.717, 1.165) is 12.0 Å². The third-order valence-electron chi connectivity index (χ3n) is 5.40. The standard InChI is InChI=1S/C21H21Cl2FN6O3/c1-29-10-25-16(28-29)9-33-21(32)27-15-5-3-4-12-17(15)19(23)30(2)18(12)20(31)26-11-6-7-14(24)13(22)8-11/h6-8,10,15H,3-5,9H2,1-2H3,(H,26,31)(H,27,32). The van der Waals surface area contributed by atoms with Gasteiger partial charge in [-0.05, 0) is 43.0 Å². The van der Waals surface area contributed by atoms with Gasteiger partial charge in [0.1, 0.15) is 23.0 Å². The van der Waals surface area contributed by atoms with Crippen molar-refractivity contribution in [2.75, 3.05) is 5.32 Å². The minimum absolute atomic E-state index is 0.0668. The van der Waals surface area contributed by atoms with Crippen LogP contribution in [0.25, 0.3) is 0 Å². The van der Waals surface area contributed by atoms with E-state index in [1.54, 1.807) is 18.7 Å². The van der Waals surface area contributed by atoms with E-state index in [4.69, 9.17) is 27.9 Å². The van der Waals surface area contributed by atoms with Gasteiger partial charge in [0.15, 0.2) is 12.4 Å². The van der Waals surface area contributed by atoms with Crippen LogP contribution in [0.4, 0.5) is 14.9 Å². The average molecular weight is 495 g/mol. The Morgan fingerprint density at radius 2 is 2.09 bits per heavy atom. The van der Waals surface area contributed by atoms with Crippen LogP contribution in [-0.2, 0) is 31.9 Å². The molecule has 2 heterocycles. The molecule has 12 heteroatoms. The summed E-state index contributed by atoms with van der Waals surface area (Å²) >= 11 is 12.4. The Kier molecular flexibility index (Phi) is 6.57. The van der Waals surface area contributed by atoms with Crippen LogP contribution in [0.15, 0.2) is 24.5 Å². The maximum absolute atomic E-state index is 13.4. The minimum atomic E-state index is -0.632. The Balaban J connectivity index is 1.51. The predicted octanol–water partition coefficient (Wildman–Crippen LogP) is 4.16. The molecule has 2 aromatic heterocycles. The zero-order valence-corrected chi connectivity index (χ0v) is 19.4. The van der Waals surface area contributed by atoms with Crippen LogP contribution < -0.4 is 10.6 Å². The minimum Gasteiger partial charge on any atom is -0.441 e. The number of alkyl carbamates (subject to hydrolysis) is 1. The van der Waals surface area contributed by atoms with Crippen molar-refractivity contribution in [1.82, 2.24) is 24.6 Å². The van der Waals surface area contributed by atoms with Crippen LogP contribution in [0.5, 0.6) is 0 Å². The van der Waals surface area contributed by atoms with Gasteiger partial charge in [0, 0.05) is 25.3 Å². The summed E-state index contributed by atoms with van der Waals surface area (Å²) < 4.78 is 21.7. The number of anilines is 1. The van der Waals surface area contributed by atoms with E-state index in [9.17, 15) is 14.0 Å². The molecule has 1 aliphatic rings. The summed E-state index contributed by atoms with van der Waals surface area (Å²) in [5, 5.41) is 9.87. The van der Waals surface area contributed by atoms with E-state index in [0.29, 0.717) is 40.8 Å². The number of aromatic nitrogens is 4. The Hall–Kier alpha value is -3.11. The molecule has 0 saturated carbocycles. The molecule has 0 saturated heterocycles. The lowest BCUT2D eigenvalue weighted by Crippen LogP contribution is -2.31. The van der Waals surface area contributed by atoms with Crippen LogP contribution in [0.2, 0.25) is 10.2 Å². The molecule has 2 N–H and O–H groups in total. The Bertz CT molecular complexity index is 1230. The SMILES string of the molecule is Cn1cnc(COC(=O)NC2CCCc3c2c(Cl)n(C)c3C(=O)Nc2ccc(F)c(Cl)c2)n1. The maximum Gasteiger partial charge on any atom is 0.408 e. The van der Waals surface area contributed by atoms with E-state index in [-0.39, 0.29) is 11.6 Å². The van der Waals surface area contributed by atoms with E-state index in [1.807, 2.05) is 0 Å². The fourth-order valence-electron chi connectivity index (χ4n) is 3.93. The molecular weight excluding hydrogens is 474 g/mol. The highest BCUT2D eigenvalue weighted by Crippen LogP contribution is 2.39. The van der Waals surface area contributed by atoms with Gasteiger partial charge in [-0.2, -0.15) is 5.10 Å². The predicted molar refractivity (Wildman–Crippen MR) is 120 cm³/mol. The van der Waals surface area contributed by atoms with Crippen LogP contribution in [0.3, 0.4) is 0 Å². The highest BCUT2D eigenvalue weighted by atomic mass is 35.5. The number of carbonyl (C=O) groups is 2. The number of benzene rings is 1. The smallest absolute Gasteiger partial charge is 0.408 e. The number of nitrogens with one attached hydrogen (secondary N) is 2. The summed E-state index contributed by atoms with van der Waals surface area (Å²) in [6.07, 6.45) is 2.88. The van der Waals surface area contributed by atoms with Gasteiger partial charge in [-0.25, -0.2) is 14.2 Å². The van der Waals surface area contributed by atoms with Gasteiger partial charge in [0.05, 0.1) is 11.1 Å². The summed E-state index contributed by atoms with van der Waals surface area (Å²) in [4.78, 5) is 29.4. The number of ether oxygens (including phenoxy) is 1. The fourth-order valence-corrected chi connectivity index (χ4v) is 4.44. The number of aryl methyl sites for hydroxylation is 1. The third-order valence-corrected chi connectivity index (χ3v) is 6.14. The zero-order valence-electron chi connectivity index (χ0n) is 17.9. The lowest BCUT2D eigenvalue weighted by atomic mass is 9.89. The van der Waals surface area contributed by atoms with Gasteiger partial charge in [-0.3, -0.25) is 9.48 Å². The van der Waals surface area contributed by atoms with Gasteiger partial charge in [-0.15, -0.1) is 0 Å². The molecular formula is C21H21Cl2FN6O3. The maximum atomic E-state index is 13.4. The molecule has 0 fully saturated rings. The van der Waals surface area contributed by atoms with Gasteiger partial charge in [0.2, 0.25) is 0 Å². The second-order valence-electron chi connectivity index (χ2n) is 7.67. The van der Waals surface area contributed by atoms with Crippen molar-refractivity contribution < 1.29 is 18.7 Å². The number of hydrogen-bond acceptors (Lipinski definition) is 5. The van der Waals surface area contributed by atoms with Crippen molar-refractivity contribution in [2.45, 2.75) is 31.9 Å². The number of hydrogen-bond donors (Lipinski definition) is 2. The molecule has 0 bridgehead atoms. The molecule has 0 radical (unpaired) electrons. The number of rotatable bonds is 5. The van der Waals surface area contributed by atoms with E-state index < -0.39 is 23.9 Å². The van der Waals surface area contributed by atoms with Gasteiger partial charge < -0.3 is 19.9 Å². The van der Waals surface area contributed by atoms with Crippen molar-refractivity contribution in [3.05, 3.63) is 63.2 Å². The molecule has 1 aromatic carbocycles. The van der Waals surface area contributed by atoms with Gasteiger partial charge in [0.25, 0.3) is 5.91 Å². The number of fused-ring (bicyclic) bond motifs is 1. The number of carbonyl (C=O) groups excluding carboxylic acids is 2. The molecule has 4 rings (SSSR count). The average Bonchev–Trinajstić information content (AvgIpc) is 3.30. The quantitative estimate of drug-likeness (QED) is 0.554. The van der Waals surface area contributed by atoms with E-state index in [1.165, 1.54) is 29.2 Å². The Labute approximate surface area is 198 Å². The first-order chi connectivity index (χ1) is 15.7. The molecule has 1 atom stereocenters. The summed E-state index contributed by atoms with van der Waals surface area (Å²) in [7, 11) is 3.39. The molecule has 1 aliphatic carbocycles. The topological polar surface area (TPSA) is 103 Å². The van der Waals surface area contributed by atoms with Gasteiger partial charge >= 0.3 is 6.09 Å². The largest absolute Gasteiger partial charge is 0.441 e. The summed E-state index contributed by atoms with van der Waals surface area (Å²) in [6.45, 7) is -0.0668. The lowest BCUT2D eigenvalue weighted by Gasteiger charge is -2.24. The van der Waals surface area contributed by atoms with Crippen molar-refractivity contribution in [3.63, 3.8) is 0 Å². The van der Waals surface area contributed by atoms with Crippen LogP contribution >= 0.6 is 23.2 Å². The molecule has 2 amide bonds. The van der Waals surface area contributed by atoms with Gasteiger partial charge in [-0.1, -0.05) is 23.2 Å². The van der Waals surface area contributed by atoms with Crippen LogP contribution in [-0.4, -0.2) is 31.3 Å². The Morgan fingerprint density at radius 3 is 2.79 bits per heavy atom. The second kappa shape index (κ2) is 9.40. The molecule has 9 nitrogen and oxygen atoms in total. The first-order valence-corrected chi connectivity index (χ1v) is 10.9.